The van der Waals surface area contributed by atoms with E-state index in [1.165, 1.54) is 0 Å². The SMILES string of the molecule is O=C(O)C1c2ccccc2CC1NC(=O)C(F)(F)F. The molecule has 1 aromatic carbocycles. The number of alkyl halides is 3. The molecule has 0 aliphatic heterocycles. The van der Waals surface area contributed by atoms with Crippen LogP contribution in [0.4, 0.5) is 13.2 Å². The summed E-state index contributed by atoms with van der Waals surface area (Å²) < 4.78 is 36.6. The number of halogens is 3. The Bertz CT molecular complexity index is 527. The molecule has 2 atom stereocenters. The van der Waals surface area contributed by atoms with E-state index in [1.54, 1.807) is 29.6 Å². The van der Waals surface area contributed by atoms with Crippen LogP contribution in [0.25, 0.3) is 0 Å². The number of benzene rings is 1. The molecule has 0 radical (unpaired) electrons. The molecule has 0 bridgehead atoms. The Balaban J connectivity index is 2.25. The molecule has 2 unspecified atom stereocenters. The second kappa shape index (κ2) is 4.56. The molecule has 7 heteroatoms. The topological polar surface area (TPSA) is 66.4 Å². The van der Waals surface area contributed by atoms with Crippen molar-refractivity contribution in [1.82, 2.24) is 5.32 Å². The molecule has 4 nitrogen and oxygen atoms in total. The van der Waals surface area contributed by atoms with Gasteiger partial charge in [0, 0.05) is 0 Å². The van der Waals surface area contributed by atoms with Crippen LogP contribution in [0.1, 0.15) is 17.0 Å². The molecule has 1 aliphatic rings. The second-order valence-corrected chi connectivity index (χ2v) is 4.30. The normalized spacial score (nSPS) is 21.8. The fourth-order valence-corrected chi connectivity index (χ4v) is 2.28. The minimum absolute atomic E-state index is 0.0783. The van der Waals surface area contributed by atoms with Crippen molar-refractivity contribution in [3.63, 3.8) is 0 Å². The van der Waals surface area contributed by atoms with Gasteiger partial charge in [-0.25, -0.2) is 0 Å². The quantitative estimate of drug-likeness (QED) is 0.857. The Morgan fingerprint density at radius 3 is 2.47 bits per heavy atom. The van der Waals surface area contributed by atoms with Gasteiger partial charge in [0.1, 0.15) is 5.92 Å². The molecule has 0 saturated heterocycles. The Morgan fingerprint density at radius 2 is 1.89 bits per heavy atom. The van der Waals surface area contributed by atoms with E-state index in [1.807, 2.05) is 0 Å². The van der Waals surface area contributed by atoms with E-state index in [-0.39, 0.29) is 6.42 Å². The number of hydrogen-bond donors (Lipinski definition) is 2. The Morgan fingerprint density at radius 1 is 1.26 bits per heavy atom. The van der Waals surface area contributed by atoms with E-state index in [0.29, 0.717) is 11.1 Å². The Hall–Kier alpha value is -2.05. The van der Waals surface area contributed by atoms with Crippen LogP contribution in [-0.2, 0) is 16.0 Å². The van der Waals surface area contributed by atoms with Crippen LogP contribution in [0.2, 0.25) is 0 Å². The molecule has 1 aromatic rings. The summed E-state index contributed by atoms with van der Waals surface area (Å²) in [6.45, 7) is 0. The summed E-state index contributed by atoms with van der Waals surface area (Å²) in [7, 11) is 0. The monoisotopic (exact) mass is 273 g/mol. The highest BCUT2D eigenvalue weighted by molar-refractivity contribution is 5.85. The number of aliphatic carboxylic acids is 1. The zero-order valence-electron chi connectivity index (χ0n) is 9.57. The standard InChI is InChI=1S/C12H10F3NO3/c13-12(14,15)11(19)16-8-5-6-3-1-2-4-7(6)9(8)10(17)18/h1-4,8-9H,5H2,(H,16,19)(H,17,18). The van der Waals surface area contributed by atoms with Gasteiger partial charge in [0.15, 0.2) is 0 Å². The average Bonchev–Trinajstić information content (AvgIpc) is 2.65. The third-order valence-corrected chi connectivity index (χ3v) is 3.07. The van der Waals surface area contributed by atoms with Crippen LogP contribution in [0, 0.1) is 0 Å². The van der Waals surface area contributed by atoms with Gasteiger partial charge in [0.05, 0.1) is 6.04 Å². The largest absolute Gasteiger partial charge is 0.481 e. The lowest BCUT2D eigenvalue weighted by Gasteiger charge is -2.19. The first-order valence-corrected chi connectivity index (χ1v) is 5.49. The highest BCUT2D eigenvalue weighted by atomic mass is 19.4. The molecule has 2 N–H and O–H groups in total. The van der Waals surface area contributed by atoms with Crippen LogP contribution in [0.3, 0.4) is 0 Å². The number of hydrogen-bond acceptors (Lipinski definition) is 2. The van der Waals surface area contributed by atoms with Crippen LogP contribution in [0.5, 0.6) is 0 Å². The lowest BCUT2D eigenvalue weighted by Crippen LogP contribution is -2.46. The third-order valence-electron chi connectivity index (χ3n) is 3.07. The second-order valence-electron chi connectivity index (χ2n) is 4.30. The fraction of sp³-hybridized carbons (Fsp3) is 0.333. The smallest absolute Gasteiger partial charge is 0.471 e. The zero-order chi connectivity index (χ0) is 14.2. The molecule has 102 valence electrons. The van der Waals surface area contributed by atoms with Gasteiger partial charge < -0.3 is 10.4 Å². The molecule has 0 spiro atoms. The number of amides is 1. The number of nitrogens with one attached hydrogen (secondary N) is 1. The van der Waals surface area contributed by atoms with E-state index >= 15 is 0 Å². The fourth-order valence-electron chi connectivity index (χ4n) is 2.28. The maximum atomic E-state index is 12.2. The van der Waals surface area contributed by atoms with Gasteiger partial charge in [0.25, 0.3) is 0 Å². The summed E-state index contributed by atoms with van der Waals surface area (Å²) in [6, 6.07) is 5.40. The van der Waals surface area contributed by atoms with Crippen molar-refractivity contribution >= 4 is 11.9 Å². The van der Waals surface area contributed by atoms with Crippen molar-refractivity contribution in [3.8, 4) is 0 Å². The van der Waals surface area contributed by atoms with Crippen molar-refractivity contribution < 1.29 is 27.9 Å². The molecule has 1 amide bonds. The van der Waals surface area contributed by atoms with Crippen molar-refractivity contribution in [2.75, 3.05) is 0 Å². The molecule has 0 saturated carbocycles. The molecule has 19 heavy (non-hydrogen) atoms. The minimum atomic E-state index is -5.02. The summed E-state index contributed by atoms with van der Waals surface area (Å²) in [6.07, 6.45) is -4.94. The van der Waals surface area contributed by atoms with Crippen molar-refractivity contribution in [3.05, 3.63) is 35.4 Å². The molecular weight excluding hydrogens is 263 g/mol. The molecular formula is C12H10F3NO3. The zero-order valence-corrected chi connectivity index (χ0v) is 9.57. The van der Waals surface area contributed by atoms with Crippen LogP contribution in [0.15, 0.2) is 24.3 Å². The van der Waals surface area contributed by atoms with Gasteiger partial charge >= 0.3 is 18.1 Å². The highest BCUT2D eigenvalue weighted by Gasteiger charge is 2.44. The Labute approximate surface area is 106 Å². The lowest BCUT2D eigenvalue weighted by atomic mass is 9.98. The first-order chi connectivity index (χ1) is 8.80. The van der Waals surface area contributed by atoms with E-state index in [2.05, 4.69) is 0 Å². The maximum Gasteiger partial charge on any atom is 0.471 e. The van der Waals surface area contributed by atoms with Crippen molar-refractivity contribution in [1.29, 1.82) is 0 Å². The molecule has 0 heterocycles. The molecule has 0 aromatic heterocycles. The number of rotatable bonds is 2. The number of carboxylic acid groups (broad SMARTS) is 1. The minimum Gasteiger partial charge on any atom is -0.481 e. The summed E-state index contributed by atoms with van der Waals surface area (Å²) in [5.41, 5.74) is 1.09. The number of carboxylic acids is 1. The lowest BCUT2D eigenvalue weighted by molar-refractivity contribution is -0.174. The van der Waals surface area contributed by atoms with E-state index in [9.17, 15) is 22.8 Å². The van der Waals surface area contributed by atoms with Crippen LogP contribution < -0.4 is 5.32 Å². The van der Waals surface area contributed by atoms with Gasteiger partial charge in [-0.3, -0.25) is 9.59 Å². The van der Waals surface area contributed by atoms with Gasteiger partial charge in [0.2, 0.25) is 0 Å². The number of fused-ring (bicyclic) bond motifs is 1. The number of carbonyl (C=O) groups is 2. The summed E-state index contributed by atoms with van der Waals surface area (Å²) in [5.74, 6) is -4.52. The first-order valence-electron chi connectivity index (χ1n) is 5.49. The van der Waals surface area contributed by atoms with Crippen molar-refractivity contribution in [2.45, 2.75) is 24.6 Å². The Kier molecular flexibility index (Phi) is 3.21. The molecule has 0 fully saturated rings. The first kappa shape index (κ1) is 13.4. The van der Waals surface area contributed by atoms with E-state index in [0.717, 1.165) is 0 Å². The predicted molar refractivity (Wildman–Crippen MR) is 58.5 cm³/mol. The van der Waals surface area contributed by atoms with E-state index < -0.39 is 30.0 Å². The van der Waals surface area contributed by atoms with Gasteiger partial charge in [-0.2, -0.15) is 13.2 Å². The highest BCUT2D eigenvalue weighted by Crippen LogP contribution is 2.34. The summed E-state index contributed by atoms with van der Waals surface area (Å²) >= 11 is 0. The summed E-state index contributed by atoms with van der Waals surface area (Å²) in [5, 5.41) is 10.9. The van der Waals surface area contributed by atoms with Crippen LogP contribution in [-0.4, -0.2) is 29.2 Å². The van der Waals surface area contributed by atoms with Gasteiger partial charge in [-0.1, -0.05) is 24.3 Å². The van der Waals surface area contributed by atoms with E-state index in [4.69, 9.17) is 5.11 Å². The van der Waals surface area contributed by atoms with Gasteiger partial charge in [-0.15, -0.1) is 0 Å². The average molecular weight is 273 g/mol. The predicted octanol–water partition coefficient (Wildman–Crippen LogP) is 1.46. The molecule has 2 rings (SSSR count). The molecule has 1 aliphatic carbocycles. The third kappa shape index (κ3) is 2.54. The summed E-state index contributed by atoms with van der Waals surface area (Å²) in [4.78, 5) is 22.1. The van der Waals surface area contributed by atoms with Crippen LogP contribution >= 0.6 is 0 Å². The van der Waals surface area contributed by atoms with Gasteiger partial charge in [-0.05, 0) is 17.5 Å². The number of carbonyl (C=O) groups excluding carboxylic acids is 1. The maximum absolute atomic E-state index is 12.2. The van der Waals surface area contributed by atoms with Crippen molar-refractivity contribution in [2.24, 2.45) is 0 Å².